The minimum absolute atomic E-state index is 0.228. The minimum atomic E-state index is -0.938. The van der Waals surface area contributed by atoms with Crippen LogP contribution in [0.3, 0.4) is 0 Å². The zero-order chi connectivity index (χ0) is 14.4. The topological polar surface area (TPSA) is 50.2 Å². The van der Waals surface area contributed by atoms with Crippen LogP contribution in [0.2, 0.25) is 0 Å². The SMILES string of the molecule is O=C(O)c1cccnc1CCCCc1ccc(F)cc1. The van der Waals surface area contributed by atoms with Gasteiger partial charge in [0.15, 0.2) is 0 Å². The van der Waals surface area contributed by atoms with Crippen molar-refractivity contribution in [3.8, 4) is 0 Å². The van der Waals surface area contributed by atoms with E-state index in [1.807, 2.05) is 0 Å². The Hall–Kier alpha value is -2.23. The van der Waals surface area contributed by atoms with Crippen LogP contribution in [0.5, 0.6) is 0 Å². The fourth-order valence-electron chi connectivity index (χ4n) is 2.10. The molecule has 2 aromatic rings. The first-order valence-electron chi connectivity index (χ1n) is 6.58. The molecule has 1 heterocycles. The Morgan fingerprint density at radius 1 is 1.10 bits per heavy atom. The van der Waals surface area contributed by atoms with Crippen LogP contribution >= 0.6 is 0 Å². The Morgan fingerprint density at radius 3 is 2.50 bits per heavy atom. The summed E-state index contributed by atoms with van der Waals surface area (Å²) >= 11 is 0. The van der Waals surface area contributed by atoms with E-state index >= 15 is 0 Å². The van der Waals surface area contributed by atoms with Gasteiger partial charge in [-0.3, -0.25) is 4.98 Å². The van der Waals surface area contributed by atoms with Crippen molar-refractivity contribution >= 4 is 5.97 Å². The second-order valence-electron chi connectivity index (χ2n) is 4.64. The summed E-state index contributed by atoms with van der Waals surface area (Å²) in [5.74, 6) is -1.17. The normalized spacial score (nSPS) is 10.4. The number of hydrogen-bond acceptors (Lipinski definition) is 2. The summed E-state index contributed by atoms with van der Waals surface area (Å²) in [4.78, 5) is 15.2. The molecule has 0 bridgehead atoms. The fraction of sp³-hybridized carbons (Fsp3) is 0.250. The minimum Gasteiger partial charge on any atom is -0.478 e. The molecule has 1 N–H and O–H groups in total. The predicted octanol–water partition coefficient (Wildman–Crippen LogP) is 3.48. The highest BCUT2D eigenvalue weighted by Crippen LogP contribution is 2.12. The molecule has 4 heteroatoms. The molecule has 0 radical (unpaired) electrons. The number of carboxylic acids is 1. The molecule has 0 amide bonds. The van der Waals surface area contributed by atoms with Crippen molar-refractivity contribution in [1.29, 1.82) is 0 Å². The van der Waals surface area contributed by atoms with Gasteiger partial charge >= 0.3 is 5.97 Å². The predicted molar refractivity (Wildman–Crippen MR) is 74.2 cm³/mol. The molecule has 0 saturated heterocycles. The van der Waals surface area contributed by atoms with Crippen molar-refractivity contribution < 1.29 is 14.3 Å². The van der Waals surface area contributed by atoms with Crippen LogP contribution in [0.4, 0.5) is 4.39 Å². The molecule has 0 aliphatic heterocycles. The van der Waals surface area contributed by atoms with Crippen molar-refractivity contribution in [1.82, 2.24) is 4.98 Å². The van der Waals surface area contributed by atoms with E-state index in [1.54, 1.807) is 30.5 Å². The van der Waals surface area contributed by atoms with Gasteiger partial charge in [0.05, 0.1) is 11.3 Å². The average molecular weight is 273 g/mol. The second kappa shape index (κ2) is 6.80. The Labute approximate surface area is 117 Å². The molecule has 1 aromatic carbocycles. The van der Waals surface area contributed by atoms with Crippen LogP contribution < -0.4 is 0 Å². The lowest BCUT2D eigenvalue weighted by molar-refractivity contribution is 0.0695. The molecule has 1 aromatic heterocycles. The zero-order valence-corrected chi connectivity index (χ0v) is 11.1. The van der Waals surface area contributed by atoms with Gasteiger partial charge in [-0.1, -0.05) is 12.1 Å². The van der Waals surface area contributed by atoms with E-state index in [2.05, 4.69) is 4.98 Å². The summed E-state index contributed by atoms with van der Waals surface area (Å²) in [7, 11) is 0. The number of aryl methyl sites for hydroxylation is 2. The van der Waals surface area contributed by atoms with Crippen LogP contribution in [-0.4, -0.2) is 16.1 Å². The maximum absolute atomic E-state index is 12.8. The summed E-state index contributed by atoms with van der Waals surface area (Å²) in [6.45, 7) is 0. The largest absolute Gasteiger partial charge is 0.478 e. The van der Waals surface area contributed by atoms with Crippen molar-refractivity contribution in [3.05, 3.63) is 65.2 Å². The van der Waals surface area contributed by atoms with Crippen LogP contribution in [0.15, 0.2) is 42.6 Å². The van der Waals surface area contributed by atoms with Gasteiger partial charge < -0.3 is 5.11 Å². The van der Waals surface area contributed by atoms with Crippen LogP contribution in [0.25, 0.3) is 0 Å². The number of unbranched alkanes of at least 4 members (excludes halogenated alkanes) is 1. The Balaban J connectivity index is 1.84. The Kier molecular flexibility index (Phi) is 4.82. The van der Waals surface area contributed by atoms with Gasteiger partial charge in [0.25, 0.3) is 0 Å². The van der Waals surface area contributed by atoms with Crippen LogP contribution in [0.1, 0.15) is 34.5 Å². The zero-order valence-electron chi connectivity index (χ0n) is 11.1. The van der Waals surface area contributed by atoms with Gasteiger partial charge in [-0.15, -0.1) is 0 Å². The second-order valence-corrected chi connectivity index (χ2v) is 4.64. The molecular weight excluding hydrogens is 257 g/mol. The van der Waals surface area contributed by atoms with Crippen molar-refractivity contribution in [2.24, 2.45) is 0 Å². The lowest BCUT2D eigenvalue weighted by atomic mass is 10.0. The maximum Gasteiger partial charge on any atom is 0.337 e. The van der Waals surface area contributed by atoms with Gasteiger partial charge in [0, 0.05) is 6.20 Å². The summed E-state index contributed by atoms with van der Waals surface area (Å²) in [5, 5.41) is 9.05. The number of nitrogens with zero attached hydrogens (tertiary/aromatic N) is 1. The molecule has 0 unspecified atom stereocenters. The van der Waals surface area contributed by atoms with E-state index in [9.17, 15) is 9.18 Å². The quantitative estimate of drug-likeness (QED) is 0.820. The number of rotatable bonds is 6. The molecule has 20 heavy (non-hydrogen) atoms. The molecule has 104 valence electrons. The van der Waals surface area contributed by atoms with E-state index in [0.29, 0.717) is 12.1 Å². The first-order valence-corrected chi connectivity index (χ1v) is 6.58. The maximum atomic E-state index is 12.8. The first kappa shape index (κ1) is 14.2. The summed E-state index contributed by atoms with van der Waals surface area (Å²) in [6, 6.07) is 9.67. The molecule has 0 aliphatic carbocycles. The van der Waals surface area contributed by atoms with E-state index in [4.69, 9.17) is 5.11 Å². The number of aromatic nitrogens is 1. The highest BCUT2D eigenvalue weighted by atomic mass is 19.1. The standard InChI is InChI=1S/C16H16FNO2/c17-13-9-7-12(8-10-13)4-1-2-6-15-14(16(19)20)5-3-11-18-15/h3,5,7-11H,1-2,4,6H2,(H,19,20). The highest BCUT2D eigenvalue weighted by Gasteiger charge is 2.09. The molecule has 2 rings (SSSR count). The third-order valence-electron chi connectivity index (χ3n) is 3.16. The summed E-state index contributed by atoms with van der Waals surface area (Å²) in [5.41, 5.74) is 1.99. The number of carbonyl (C=O) groups is 1. The molecule has 0 saturated carbocycles. The van der Waals surface area contributed by atoms with Crippen LogP contribution in [-0.2, 0) is 12.8 Å². The van der Waals surface area contributed by atoms with E-state index < -0.39 is 5.97 Å². The Morgan fingerprint density at radius 2 is 1.80 bits per heavy atom. The number of benzene rings is 1. The van der Waals surface area contributed by atoms with E-state index in [1.165, 1.54) is 12.1 Å². The molecule has 0 aliphatic rings. The van der Waals surface area contributed by atoms with Crippen molar-refractivity contribution in [3.63, 3.8) is 0 Å². The van der Waals surface area contributed by atoms with Crippen molar-refractivity contribution in [2.45, 2.75) is 25.7 Å². The van der Waals surface area contributed by atoms with Crippen molar-refractivity contribution in [2.75, 3.05) is 0 Å². The number of hydrogen-bond donors (Lipinski definition) is 1. The van der Waals surface area contributed by atoms with Gasteiger partial charge in [-0.05, 0) is 55.5 Å². The van der Waals surface area contributed by atoms with Gasteiger partial charge in [0.1, 0.15) is 5.82 Å². The fourth-order valence-corrected chi connectivity index (χ4v) is 2.10. The van der Waals surface area contributed by atoms with Gasteiger partial charge in [0.2, 0.25) is 0 Å². The third-order valence-corrected chi connectivity index (χ3v) is 3.16. The summed E-state index contributed by atoms with van der Waals surface area (Å²) < 4.78 is 12.8. The monoisotopic (exact) mass is 273 g/mol. The number of pyridine rings is 1. The number of carboxylic acid groups (broad SMARTS) is 1. The summed E-state index contributed by atoms with van der Waals surface area (Å²) in [6.07, 6.45) is 4.89. The molecule has 3 nitrogen and oxygen atoms in total. The number of halogens is 1. The lowest BCUT2D eigenvalue weighted by Crippen LogP contribution is -2.04. The van der Waals surface area contributed by atoms with E-state index in [-0.39, 0.29) is 11.4 Å². The smallest absolute Gasteiger partial charge is 0.337 e. The van der Waals surface area contributed by atoms with Crippen LogP contribution in [0, 0.1) is 5.82 Å². The van der Waals surface area contributed by atoms with E-state index in [0.717, 1.165) is 24.8 Å². The Bertz CT molecular complexity index is 581. The average Bonchev–Trinajstić information content (AvgIpc) is 2.46. The van der Waals surface area contributed by atoms with Gasteiger partial charge in [-0.25, -0.2) is 9.18 Å². The molecular formula is C16H16FNO2. The molecule has 0 fully saturated rings. The third kappa shape index (κ3) is 3.88. The first-order chi connectivity index (χ1) is 9.66. The molecule has 0 atom stereocenters. The number of aromatic carboxylic acids is 1. The molecule has 0 spiro atoms. The van der Waals surface area contributed by atoms with Gasteiger partial charge in [-0.2, -0.15) is 0 Å². The highest BCUT2D eigenvalue weighted by molar-refractivity contribution is 5.88. The lowest BCUT2D eigenvalue weighted by Gasteiger charge is -2.05.